The Morgan fingerprint density at radius 2 is 1.60 bits per heavy atom. The standard InChI is InChI=1S/C28H29Cl2FN2O2/c1-19(2)17-32-28(35)26(15-20-7-4-3-5-8-20)33(18-21-11-13-22(29)14-12-21)27(34)16-23-24(30)9-6-10-25(23)31/h3-14,19,26H,15-18H2,1-2H3,(H,32,35)/t26-/m0/s1. The molecule has 35 heavy (non-hydrogen) atoms. The van der Waals surface area contributed by atoms with Crippen LogP contribution in [-0.2, 0) is 29.0 Å². The minimum Gasteiger partial charge on any atom is -0.354 e. The number of carbonyl (C=O) groups excluding carboxylic acids is 2. The maximum Gasteiger partial charge on any atom is 0.243 e. The second-order valence-corrected chi connectivity index (χ2v) is 9.71. The average molecular weight is 515 g/mol. The van der Waals surface area contributed by atoms with Gasteiger partial charge in [0.1, 0.15) is 11.9 Å². The van der Waals surface area contributed by atoms with Gasteiger partial charge in [-0.2, -0.15) is 0 Å². The molecule has 3 rings (SSSR count). The first-order chi connectivity index (χ1) is 16.7. The van der Waals surface area contributed by atoms with E-state index in [0.29, 0.717) is 18.0 Å². The van der Waals surface area contributed by atoms with Crippen molar-refractivity contribution in [3.63, 3.8) is 0 Å². The van der Waals surface area contributed by atoms with Crippen LogP contribution < -0.4 is 5.32 Å². The number of amides is 2. The molecule has 1 atom stereocenters. The average Bonchev–Trinajstić information content (AvgIpc) is 2.84. The fourth-order valence-corrected chi connectivity index (χ4v) is 4.07. The molecule has 7 heteroatoms. The van der Waals surface area contributed by atoms with Crippen molar-refractivity contribution in [1.29, 1.82) is 0 Å². The number of nitrogens with one attached hydrogen (secondary N) is 1. The number of halogens is 3. The molecule has 0 spiro atoms. The molecule has 0 aromatic heterocycles. The fraction of sp³-hybridized carbons (Fsp3) is 0.286. The van der Waals surface area contributed by atoms with Gasteiger partial charge in [-0.15, -0.1) is 0 Å². The molecule has 0 aliphatic heterocycles. The summed E-state index contributed by atoms with van der Waals surface area (Å²) in [6.45, 7) is 4.65. The van der Waals surface area contributed by atoms with Crippen molar-refractivity contribution >= 4 is 35.0 Å². The highest BCUT2D eigenvalue weighted by atomic mass is 35.5. The van der Waals surface area contributed by atoms with Gasteiger partial charge in [0.2, 0.25) is 11.8 Å². The van der Waals surface area contributed by atoms with E-state index in [1.54, 1.807) is 18.2 Å². The maximum atomic E-state index is 14.5. The molecule has 0 aliphatic carbocycles. The predicted molar refractivity (Wildman–Crippen MR) is 139 cm³/mol. The van der Waals surface area contributed by atoms with E-state index in [1.807, 2.05) is 56.3 Å². The van der Waals surface area contributed by atoms with Crippen molar-refractivity contribution in [2.24, 2.45) is 5.92 Å². The van der Waals surface area contributed by atoms with E-state index in [9.17, 15) is 14.0 Å². The van der Waals surface area contributed by atoms with Crippen molar-refractivity contribution in [2.75, 3.05) is 6.54 Å². The van der Waals surface area contributed by atoms with Crippen LogP contribution in [0.4, 0.5) is 4.39 Å². The van der Waals surface area contributed by atoms with Crippen LogP contribution in [0.25, 0.3) is 0 Å². The molecule has 0 aliphatic rings. The predicted octanol–water partition coefficient (Wildman–Crippen LogP) is 6.09. The minimum absolute atomic E-state index is 0.112. The van der Waals surface area contributed by atoms with Gasteiger partial charge in [0.05, 0.1) is 6.42 Å². The molecule has 2 amide bonds. The van der Waals surface area contributed by atoms with Crippen molar-refractivity contribution in [2.45, 2.75) is 39.3 Å². The van der Waals surface area contributed by atoms with Gasteiger partial charge < -0.3 is 10.2 Å². The molecule has 0 radical (unpaired) electrons. The smallest absolute Gasteiger partial charge is 0.243 e. The Morgan fingerprint density at radius 1 is 0.914 bits per heavy atom. The largest absolute Gasteiger partial charge is 0.354 e. The van der Waals surface area contributed by atoms with Crippen LogP contribution in [0.2, 0.25) is 10.0 Å². The van der Waals surface area contributed by atoms with Gasteiger partial charge >= 0.3 is 0 Å². The van der Waals surface area contributed by atoms with E-state index in [0.717, 1.165) is 11.1 Å². The highest BCUT2D eigenvalue weighted by Gasteiger charge is 2.31. The Hall–Kier alpha value is -2.89. The summed E-state index contributed by atoms with van der Waals surface area (Å²) >= 11 is 12.3. The third kappa shape index (κ3) is 7.81. The highest BCUT2D eigenvalue weighted by Crippen LogP contribution is 2.23. The lowest BCUT2D eigenvalue weighted by atomic mass is 10.0. The Kier molecular flexibility index (Phi) is 9.70. The minimum atomic E-state index is -0.801. The zero-order chi connectivity index (χ0) is 25.4. The third-order valence-corrected chi connectivity index (χ3v) is 6.22. The second-order valence-electron chi connectivity index (χ2n) is 8.87. The molecule has 0 fully saturated rings. The number of nitrogens with zero attached hydrogens (tertiary/aromatic N) is 1. The van der Waals surface area contributed by atoms with E-state index in [-0.39, 0.29) is 35.4 Å². The molecular weight excluding hydrogens is 486 g/mol. The van der Waals surface area contributed by atoms with Crippen LogP contribution >= 0.6 is 23.2 Å². The number of hydrogen-bond acceptors (Lipinski definition) is 2. The highest BCUT2D eigenvalue weighted by molar-refractivity contribution is 6.31. The van der Waals surface area contributed by atoms with Crippen LogP contribution in [0.5, 0.6) is 0 Å². The van der Waals surface area contributed by atoms with Gasteiger partial charge in [-0.25, -0.2) is 4.39 Å². The number of hydrogen-bond donors (Lipinski definition) is 1. The number of rotatable bonds is 10. The summed E-state index contributed by atoms with van der Waals surface area (Å²) in [6.07, 6.45) is 0.0525. The van der Waals surface area contributed by atoms with Crippen LogP contribution in [0.1, 0.15) is 30.5 Å². The van der Waals surface area contributed by atoms with E-state index >= 15 is 0 Å². The Labute approximate surface area is 216 Å². The van der Waals surface area contributed by atoms with Crippen molar-refractivity contribution in [3.8, 4) is 0 Å². The fourth-order valence-electron chi connectivity index (χ4n) is 3.72. The molecule has 184 valence electrons. The van der Waals surface area contributed by atoms with Gasteiger partial charge in [-0.3, -0.25) is 9.59 Å². The van der Waals surface area contributed by atoms with Crippen LogP contribution in [-0.4, -0.2) is 29.3 Å². The maximum absolute atomic E-state index is 14.5. The van der Waals surface area contributed by atoms with E-state index in [2.05, 4.69) is 5.32 Å². The molecule has 3 aromatic rings. The molecule has 1 N–H and O–H groups in total. The van der Waals surface area contributed by atoms with Crippen LogP contribution in [0, 0.1) is 11.7 Å². The summed E-state index contributed by atoms with van der Waals surface area (Å²) in [6, 6.07) is 20.1. The quantitative estimate of drug-likeness (QED) is 0.356. The Morgan fingerprint density at radius 3 is 2.23 bits per heavy atom. The first-order valence-corrected chi connectivity index (χ1v) is 12.3. The molecular formula is C28H29Cl2FN2O2. The molecule has 0 saturated carbocycles. The summed E-state index contributed by atoms with van der Waals surface area (Å²) in [5, 5.41) is 3.71. The summed E-state index contributed by atoms with van der Waals surface area (Å²) in [5.41, 5.74) is 1.83. The Bertz CT molecular complexity index is 1120. The topological polar surface area (TPSA) is 49.4 Å². The monoisotopic (exact) mass is 514 g/mol. The summed E-state index contributed by atoms with van der Waals surface area (Å²) in [7, 11) is 0. The molecule has 0 heterocycles. The molecule has 0 saturated heterocycles. The molecule has 0 unspecified atom stereocenters. The van der Waals surface area contributed by atoms with Crippen molar-refractivity contribution in [3.05, 3.63) is 105 Å². The van der Waals surface area contributed by atoms with Crippen molar-refractivity contribution < 1.29 is 14.0 Å². The van der Waals surface area contributed by atoms with Gasteiger partial charge in [0.25, 0.3) is 0 Å². The van der Waals surface area contributed by atoms with Gasteiger partial charge in [-0.05, 0) is 41.3 Å². The lowest BCUT2D eigenvalue weighted by molar-refractivity contribution is -0.140. The van der Waals surface area contributed by atoms with E-state index in [1.165, 1.54) is 17.0 Å². The number of benzene rings is 3. The normalized spacial score (nSPS) is 11.8. The van der Waals surface area contributed by atoms with Gasteiger partial charge in [-0.1, -0.05) is 85.6 Å². The zero-order valence-corrected chi connectivity index (χ0v) is 21.3. The molecule has 0 bridgehead atoms. The number of carbonyl (C=O) groups is 2. The molecule has 3 aromatic carbocycles. The molecule has 4 nitrogen and oxygen atoms in total. The summed E-state index contributed by atoms with van der Waals surface area (Å²) < 4.78 is 14.5. The second kappa shape index (κ2) is 12.7. The summed E-state index contributed by atoms with van der Waals surface area (Å²) in [5.74, 6) is -0.966. The first-order valence-electron chi connectivity index (χ1n) is 11.5. The SMILES string of the molecule is CC(C)CNC(=O)[C@H](Cc1ccccc1)N(Cc1ccc(Cl)cc1)C(=O)Cc1c(F)cccc1Cl. The first kappa shape index (κ1) is 26.7. The van der Waals surface area contributed by atoms with Gasteiger partial charge in [0, 0.05) is 35.1 Å². The third-order valence-electron chi connectivity index (χ3n) is 5.61. The van der Waals surface area contributed by atoms with E-state index in [4.69, 9.17) is 23.2 Å². The zero-order valence-electron chi connectivity index (χ0n) is 19.8. The van der Waals surface area contributed by atoms with Crippen molar-refractivity contribution in [1.82, 2.24) is 10.2 Å². The lowest BCUT2D eigenvalue weighted by Gasteiger charge is -2.32. The van der Waals surface area contributed by atoms with E-state index < -0.39 is 17.8 Å². The van der Waals surface area contributed by atoms with Crippen LogP contribution in [0.15, 0.2) is 72.8 Å². The summed E-state index contributed by atoms with van der Waals surface area (Å²) in [4.78, 5) is 28.6. The van der Waals surface area contributed by atoms with Gasteiger partial charge in [0.15, 0.2) is 0 Å². The lowest BCUT2D eigenvalue weighted by Crippen LogP contribution is -2.51. The Balaban J connectivity index is 1.98. The van der Waals surface area contributed by atoms with Crippen LogP contribution in [0.3, 0.4) is 0 Å².